The van der Waals surface area contributed by atoms with Crippen LogP contribution in [0.25, 0.3) is 0 Å². The zero-order valence-corrected chi connectivity index (χ0v) is 8.60. The first-order chi connectivity index (χ1) is 7.15. The van der Waals surface area contributed by atoms with Crippen LogP contribution >= 0.6 is 0 Å². The van der Waals surface area contributed by atoms with Crippen molar-refractivity contribution in [2.45, 2.75) is 25.7 Å². The van der Waals surface area contributed by atoms with Gasteiger partial charge in [-0.3, -0.25) is 0 Å². The molecule has 3 heteroatoms. The van der Waals surface area contributed by atoms with Crippen LogP contribution in [0.3, 0.4) is 0 Å². The second kappa shape index (κ2) is 3.89. The molecule has 15 heavy (non-hydrogen) atoms. The van der Waals surface area contributed by atoms with Crippen molar-refractivity contribution in [3.63, 3.8) is 0 Å². The molecule has 1 aromatic carbocycles. The summed E-state index contributed by atoms with van der Waals surface area (Å²) in [5.74, 6) is -1.55. The van der Waals surface area contributed by atoms with Crippen molar-refractivity contribution in [1.82, 2.24) is 0 Å². The Morgan fingerprint density at radius 3 is 2.40 bits per heavy atom. The van der Waals surface area contributed by atoms with E-state index in [-0.39, 0.29) is 5.41 Å². The third-order valence-corrected chi connectivity index (χ3v) is 3.41. The fourth-order valence-electron chi connectivity index (χ4n) is 2.21. The maximum atomic E-state index is 13.0. The molecule has 0 saturated heterocycles. The molecule has 0 heterocycles. The van der Waals surface area contributed by atoms with Gasteiger partial charge in [0.25, 0.3) is 0 Å². The second-order valence-corrected chi connectivity index (χ2v) is 4.48. The van der Waals surface area contributed by atoms with Gasteiger partial charge in [-0.15, -0.1) is 0 Å². The Balaban J connectivity index is 2.13. The van der Waals surface area contributed by atoms with Gasteiger partial charge < -0.3 is 5.73 Å². The first-order valence-corrected chi connectivity index (χ1v) is 5.29. The van der Waals surface area contributed by atoms with Crippen molar-refractivity contribution >= 4 is 0 Å². The predicted octanol–water partition coefficient (Wildman–Crippen LogP) is 2.64. The van der Waals surface area contributed by atoms with Crippen LogP contribution in [0.4, 0.5) is 8.78 Å². The van der Waals surface area contributed by atoms with Gasteiger partial charge >= 0.3 is 0 Å². The molecule has 1 aromatic rings. The van der Waals surface area contributed by atoms with Crippen molar-refractivity contribution in [3.05, 3.63) is 35.4 Å². The van der Waals surface area contributed by atoms with Crippen LogP contribution in [0, 0.1) is 17.0 Å². The van der Waals surface area contributed by atoms with Crippen molar-refractivity contribution < 1.29 is 8.78 Å². The predicted molar refractivity (Wildman–Crippen MR) is 55.4 cm³/mol. The van der Waals surface area contributed by atoms with Gasteiger partial charge in [-0.1, -0.05) is 12.5 Å². The zero-order valence-electron chi connectivity index (χ0n) is 8.60. The highest BCUT2D eigenvalue weighted by Gasteiger charge is 2.35. The Bertz CT molecular complexity index is 353. The summed E-state index contributed by atoms with van der Waals surface area (Å²) >= 11 is 0. The summed E-state index contributed by atoms with van der Waals surface area (Å²) in [4.78, 5) is 0. The van der Waals surface area contributed by atoms with E-state index >= 15 is 0 Å². The molecule has 0 atom stereocenters. The smallest absolute Gasteiger partial charge is 0.159 e. The SMILES string of the molecule is NCC1(Cc2ccc(F)c(F)c2)CCC1. The minimum Gasteiger partial charge on any atom is -0.330 e. The summed E-state index contributed by atoms with van der Waals surface area (Å²) in [6.45, 7) is 0.631. The summed E-state index contributed by atoms with van der Waals surface area (Å²) in [5, 5.41) is 0. The molecule has 1 fully saturated rings. The number of nitrogens with two attached hydrogens (primary N) is 1. The summed E-state index contributed by atoms with van der Waals surface area (Å²) < 4.78 is 25.7. The molecular weight excluding hydrogens is 196 g/mol. The van der Waals surface area contributed by atoms with E-state index in [0.717, 1.165) is 24.8 Å². The molecule has 1 aliphatic rings. The summed E-state index contributed by atoms with van der Waals surface area (Å²) in [6.07, 6.45) is 4.16. The van der Waals surface area contributed by atoms with E-state index in [9.17, 15) is 8.78 Å². The molecule has 0 aromatic heterocycles. The number of hydrogen-bond donors (Lipinski definition) is 1. The van der Waals surface area contributed by atoms with Crippen LogP contribution in [0.15, 0.2) is 18.2 Å². The van der Waals surface area contributed by atoms with Crippen molar-refractivity contribution in [1.29, 1.82) is 0 Å². The molecule has 0 radical (unpaired) electrons. The van der Waals surface area contributed by atoms with Crippen molar-refractivity contribution in [3.8, 4) is 0 Å². The van der Waals surface area contributed by atoms with E-state index in [1.54, 1.807) is 6.07 Å². The number of halogens is 2. The normalized spacial score (nSPS) is 18.6. The zero-order chi connectivity index (χ0) is 10.9. The quantitative estimate of drug-likeness (QED) is 0.817. The number of benzene rings is 1. The fraction of sp³-hybridized carbons (Fsp3) is 0.500. The van der Waals surface area contributed by atoms with Gasteiger partial charge in [0.2, 0.25) is 0 Å². The van der Waals surface area contributed by atoms with Gasteiger partial charge in [0.1, 0.15) is 0 Å². The Labute approximate surface area is 88.3 Å². The van der Waals surface area contributed by atoms with Gasteiger partial charge in [0.15, 0.2) is 11.6 Å². The Morgan fingerprint density at radius 2 is 1.93 bits per heavy atom. The first kappa shape index (κ1) is 10.6. The van der Waals surface area contributed by atoms with E-state index in [1.807, 2.05) is 0 Å². The lowest BCUT2D eigenvalue weighted by Gasteiger charge is -2.41. The van der Waals surface area contributed by atoms with Gasteiger partial charge in [-0.05, 0) is 48.9 Å². The molecule has 0 amide bonds. The Morgan fingerprint density at radius 1 is 1.20 bits per heavy atom. The fourth-order valence-corrected chi connectivity index (χ4v) is 2.21. The Kier molecular flexibility index (Phi) is 2.74. The van der Waals surface area contributed by atoms with Crippen molar-refractivity contribution in [2.75, 3.05) is 6.54 Å². The minimum absolute atomic E-state index is 0.143. The number of hydrogen-bond acceptors (Lipinski definition) is 1. The standard InChI is InChI=1S/C12H15F2N/c13-10-3-2-9(6-11(10)14)7-12(8-15)4-1-5-12/h2-3,6H,1,4-5,7-8,15H2. The number of rotatable bonds is 3. The van der Waals surface area contributed by atoms with Gasteiger partial charge in [-0.25, -0.2) is 8.78 Å². The van der Waals surface area contributed by atoms with E-state index < -0.39 is 11.6 Å². The summed E-state index contributed by atoms with van der Waals surface area (Å²) in [6, 6.07) is 4.12. The highest BCUT2D eigenvalue weighted by Crippen LogP contribution is 2.42. The molecule has 2 N–H and O–H groups in total. The van der Waals surface area contributed by atoms with E-state index in [4.69, 9.17) is 5.73 Å². The van der Waals surface area contributed by atoms with Crippen LogP contribution < -0.4 is 5.73 Å². The van der Waals surface area contributed by atoms with E-state index in [0.29, 0.717) is 6.54 Å². The monoisotopic (exact) mass is 211 g/mol. The third kappa shape index (κ3) is 2.02. The van der Waals surface area contributed by atoms with Crippen LogP contribution in [0.5, 0.6) is 0 Å². The van der Waals surface area contributed by atoms with Crippen LogP contribution in [0.1, 0.15) is 24.8 Å². The van der Waals surface area contributed by atoms with Crippen LogP contribution in [0.2, 0.25) is 0 Å². The molecule has 1 nitrogen and oxygen atoms in total. The highest BCUT2D eigenvalue weighted by molar-refractivity contribution is 5.20. The highest BCUT2D eigenvalue weighted by atomic mass is 19.2. The topological polar surface area (TPSA) is 26.0 Å². The molecule has 0 unspecified atom stereocenters. The molecular formula is C12H15F2N. The van der Waals surface area contributed by atoms with Gasteiger partial charge in [-0.2, -0.15) is 0 Å². The van der Waals surface area contributed by atoms with Gasteiger partial charge in [0, 0.05) is 0 Å². The van der Waals surface area contributed by atoms with Gasteiger partial charge in [0.05, 0.1) is 0 Å². The second-order valence-electron chi connectivity index (χ2n) is 4.48. The molecule has 0 bridgehead atoms. The van der Waals surface area contributed by atoms with Crippen molar-refractivity contribution in [2.24, 2.45) is 11.1 Å². The average Bonchev–Trinajstić information content (AvgIpc) is 2.17. The minimum atomic E-state index is -0.783. The maximum Gasteiger partial charge on any atom is 0.159 e. The average molecular weight is 211 g/mol. The molecule has 2 rings (SSSR count). The van der Waals surface area contributed by atoms with E-state index in [2.05, 4.69) is 0 Å². The molecule has 1 saturated carbocycles. The lowest BCUT2D eigenvalue weighted by atomic mass is 9.65. The maximum absolute atomic E-state index is 13.0. The van der Waals surface area contributed by atoms with Crippen LogP contribution in [-0.2, 0) is 6.42 Å². The lowest BCUT2D eigenvalue weighted by Crippen LogP contribution is -2.39. The summed E-state index contributed by atoms with van der Waals surface area (Å²) in [7, 11) is 0. The molecule has 82 valence electrons. The molecule has 0 aliphatic heterocycles. The first-order valence-electron chi connectivity index (χ1n) is 5.29. The largest absolute Gasteiger partial charge is 0.330 e. The molecule has 0 spiro atoms. The third-order valence-electron chi connectivity index (χ3n) is 3.41. The summed E-state index contributed by atoms with van der Waals surface area (Å²) in [5.41, 5.74) is 6.71. The molecule has 1 aliphatic carbocycles. The van der Waals surface area contributed by atoms with Crippen LogP contribution in [-0.4, -0.2) is 6.54 Å². The Hall–Kier alpha value is -0.960. The van der Waals surface area contributed by atoms with E-state index in [1.165, 1.54) is 18.6 Å². The lowest BCUT2D eigenvalue weighted by molar-refractivity contribution is 0.144.